The van der Waals surface area contributed by atoms with Crippen molar-refractivity contribution in [3.8, 4) is 0 Å². The molecule has 0 aromatic heterocycles. The fourth-order valence-corrected chi connectivity index (χ4v) is 3.73. The van der Waals surface area contributed by atoms with Crippen molar-refractivity contribution in [2.75, 3.05) is 5.32 Å². The summed E-state index contributed by atoms with van der Waals surface area (Å²) in [5.41, 5.74) is 4.14. The molecule has 1 fully saturated rings. The van der Waals surface area contributed by atoms with E-state index in [9.17, 15) is 0 Å². The maximum absolute atomic E-state index is 3.72. The number of aryl methyl sites for hydroxylation is 1. The minimum atomic E-state index is 0.628. The van der Waals surface area contributed by atoms with Gasteiger partial charge in [0.25, 0.3) is 0 Å². The number of nitrogens with one attached hydrogen (secondary N) is 1. The van der Waals surface area contributed by atoms with Crippen LogP contribution in [0, 0.1) is 10.5 Å². The Morgan fingerprint density at radius 2 is 1.67 bits per heavy atom. The summed E-state index contributed by atoms with van der Waals surface area (Å²) in [7, 11) is 0. The Balaban J connectivity index is 1.57. The van der Waals surface area contributed by atoms with Gasteiger partial charge < -0.3 is 5.32 Å². The van der Waals surface area contributed by atoms with Gasteiger partial charge in [0, 0.05) is 15.3 Å². The van der Waals surface area contributed by atoms with E-state index in [4.69, 9.17) is 0 Å². The van der Waals surface area contributed by atoms with Crippen molar-refractivity contribution in [2.24, 2.45) is 0 Å². The van der Waals surface area contributed by atoms with Crippen molar-refractivity contribution in [3.05, 3.63) is 63.2 Å². The zero-order chi connectivity index (χ0) is 14.7. The largest absolute Gasteiger partial charge is 0.382 e. The monoisotopic (exact) mass is 391 g/mol. The Bertz CT molecular complexity index is 586. The number of halogens is 1. The van der Waals surface area contributed by atoms with Gasteiger partial charge in [0.15, 0.2) is 0 Å². The normalized spacial score (nSPS) is 22.0. The van der Waals surface area contributed by atoms with Crippen LogP contribution in [0.2, 0.25) is 0 Å². The van der Waals surface area contributed by atoms with E-state index in [-0.39, 0.29) is 0 Å². The quantitative estimate of drug-likeness (QED) is 0.659. The molecule has 1 N–H and O–H groups in total. The van der Waals surface area contributed by atoms with Crippen LogP contribution in [0.1, 0.15) is 42.7 Å². The Hall–Kier alpha value is -1.03. The van der Waals surface area contributed by atoms with E-state index in [1.165, 1.54) is 46.1 Å². The van der Waals surface area contributed by atoms with Crippen molar-refractivity contribution >= 4 is 28.3 Å². The van der Waals surface area contributed by atoms with Gasteiger partial charge >= 0.3 is 0 Å². The van der Waals surface area contributed by atoms with Crippen LogP contribution >= 0.6 is 22.6 Å². The number of hydrogen-bond donors (Lipinski definition) is 1. The number of benzene rings is 2. The Kier molecular flexibility index (Phi) is 4.84. The van der Waals surface area contributed by atoms with Crippen LogP contribution in [0.4, 0.5) is 5.69 Å². The molecule has 0 bridgehead atoms. The van der Waals surface area contributed by atoms with Crippen LogP contribution in [-0.2, 0) is 0 Å². The second-order valence-corrected chi connectivity index (χ2v) is 7.23. The van der Waals surface area contributed by atoms with Crippen LogP contribution in [0.3, 0.4) is 0 Å². The molecule has 1 saturated carbocycles. The zero-order valence-electron chi connectivity index (χ0n) is 12.5. The predicted octanol–water partition coefficient (Wildman–Crippen LogP) is 5.74. The minimum absolute atomic E-state index is 0.628. The lowest BCUT2D eigenvalue weighted by Gasteiger charge is -2.30. The van der Waals surface area contributed by atoms with Crippen LogP contribution in [0.25, 0.3) is 0 Å². The molecule has 2 aromatic rings. The molecular formula is C19H22IN. The average molecular weight is 391 g/mol. The van der Waals surface area contributed by atoms with E-state index in [0.29, 0.717) is 6.04 Å². The summed E-state index contributed by atoms with van der Waals surface area (Å²) in [6, 6.07) is 18.3. The van der Waals surface area contributed by atoms with Crippen molar-refractivity contribution < 1.29 is 0 Å². The van der Waals surface area contributed by atoms with Crippen LogP contribution in [-0.4, -0.2) is 6.04 Å². The van der Waals surface area contributed by atoms with Gasteiger partial charge in [0.2, 0.25) is 0 Å². The van der Waals surface area contributed by atoms with E-state index < -0.39 is 0 Å². The first kappa shape index (κ1) is 14.9. The lowest BCUT2D eigenvalue weighted by Crippen LogP contribution is -2.25. The maximum Gasteiger partial charge on any atom is 0.0353 e. The molecule has 2 heteroatoms. The highest BCUT2D eigenvalue weighted by Crippen LogP contribution is 2.34. The van der Waals surface area contributed by atoms with Crippen LogP contribution in [0.5, 0.6) is 0 Å². The molecular weight excluding hydrogens is 369 g/mol. The topological polar surface area (TPSA) is 12.0 Å². The van der Waals surface area contributed by atoms with Crippen molar-refractivity contribution in [1.82, 2.24) is 0 Å². The molecule has 0 aliphatic heterocycles. The molecule has 21 heavy (non-hydrogen) atoms. The molecule has 0 atom stereocenters. The van der Waals surface area contributed by atoms with Gasteiger partial charge in [0.1, 0.15) is 0 Å². The first-order chi connectivity index (χ1) is 10.2. The SMILES string of the molecule is Cc1ccc(NC2CCC(c3ccccc3)CC2)cc1I. The summed E-state index contributed by atoms with van der Waals surface area (Å²) >= 11 is 2.42. The molecule has 3 rings (SSSR count). The Morgan fingerprint density at radius 1 is 0.952 bits per heavy atom. The van der Waals surface area contributed by atoms with E-state index in [1.807, 2.05) is 0 Å². The van der Waals surface area contributed by atoms with Crippen molar-refractivity contribution in [2.45, 2.75) is 44.6 Å². The first-order valence-electron chi connectivity index (χ1n) is 7.80. The smallest absolute Gasteiger partial charge is 0.0353 e. The summed E-state index contributed by atoms with van der Waals surface area (Å²) in [6.45, 7) is 2.16. The third kappa shape index (κ3) is 3.79. The van der Waals surface area contributed by atoms with E-state index in [1.54, 1.807) is 0 Å². The van der Waals surface area contributed by atoms with Crippen molar-refractivity contribution in [1.29, 1.82) is 0 Å². The third-order valence-corrected chi connectivity index (χ3v) is 5.70. The molecule has 0 spiro atoms. The molecule has 0 radical (unpaired) electrons. The van der Waals surface area contributed by atoms with Gasteiger partial charge in [-0.05, 0) is 84.4 Å². The van der Waals surface area contributed by atoms with E-state index >= 15 is 0 Å². The highest BCUT2D eigenvalue weighted by atomic mass is 127. The molecule has 0 unspecified atom stereocenters. The number of anilines is 1. The van der Waals surface area contributed by atoms with Gasteiger partial charge in [-0.25, -0.2) is 0 Å². The second kappa shape index (κ2) is 6.82. The predicted molar refractivity (Wildman–Crippen MR) is 99.0 cm³/mol. The Labute approximate surface area is 141 Å². The standard InChI is InChI=1S/C19H22IN/c1-14-7-10-18(13-19(14)20)21-17-11-8-16(9-12-17)15-5-3-2-4-6-15/h2-7,10,13,16-17,21H,8-9,11-12H2,1H3. The molecule has 1 nitrogen and oxygen atoms in total. The van der Waals surface area contributed by atoms with Crippen LogP contribution < -0.4 is 5.32 Å². The fraction of sp³-hybridized carbons (Fsp3) is 0.368. The minimum Gasteiger partial charge on any atom is -0.382 e. The molecule has 0 amide bonds. The van der Waals surface area contributed by atoms with Gasteiger partial charge in [-0.3, -0.25) is 0 Å². The summed E-state index contributed by atoms with van der Waals surface area (Å²) in [5.74, 6) is 0.752. The van der Waals surface area contributed by atoms with Crippen LogP contribution in [0.15, 0.2) is 48.5 Å². The molecule has 1 aliphatic rings. The lowest BCUT2D eigenvalue weighted by atomic mass is 9.82. The molecule has 0 saturated heterocycles. The second-order valence-electron chi connectivity index (χ2n) is 6.07. The van der Waals surface area contributed by atoms with Gasteiger partial charge in [-0.1, -0.05) is 36.4 Å². The third-order valence-electron chi connectivity index (χ3n) is 4.54. The molecule has 1 aliphatic carbocycles. The Morgan fingerprint density at radius 3 is 2.33 bits per heavy atom. The number of hydrogen-bond acceptors (Lipinski definition) is 1. The average Bonchev–Trinajstić information content (AvgIpc) is 2.53. The molecule has 2 aromatic carbocycles. The highest BCUT2D eigenvalue weighted by molar-refractivity contribution is 14.1. The van der Waals surface area contributed by atoms with Gasteiger partial charge in [-0.15, -0.1) is 0 Å². The number of rotatable bonds is 3. The highest BCUT2D eigenvalue weighted by Gasteiger charge is 2.22. The zero-order valence-corrected chi connectivity index (χ0v) is 14.6. The fourth-order valence-electron chi connectivity index (χ4n) is 3.21. The molecule has 0 heterocycles. The van der Waals surface area contributed by atoms with Gasteiger partial charge in [-0.2, -0.15) is 0 Å². The lowest BCUT2D eigenvalue weighted by molar-refractivity contribution is 0.412. The summed E-state index contributed by atoms with van der Waals surface area (Å²) < 4.78 is 1.34. The van der Waals surface area contributed by atoms with Gasteiger partial charge in [0.05, 0.1) is 0 Å². The summed E-state index contributed by atoms with van der Waals surface area (Å²) in [5, 5.41) is 3.72. The summed E-state index contributed by atoms with van der Waals surface area (Å²) in [4.78, 5) is 0. The van der Waals surface area contributed by atoms with E-state index in [2.05, 4.69) is 83.4 Å². The maximum atomic E-state index is 3.72. The molecule has 110 valence electrons. The first-order valence-corrected chi connectivity index (χ1v) is 8.88. The summed E-state index contributed by atoms with van der Waals surface area (Å²) in [6.07, 6.45) is 5.13. The van der Waals surface area contributed by atoms with E-state index in [0.717, 1.165) is 5.92 Å². The van der Waals surface area contributed by atoms with Crippen molar-refractivity contribution in [3.63, 3.8) is 0 Å².